The molecule has 7 heteroatoms. The minimum Gasteiger partial charge on any atom is -0.471 e. The van der Waals surface area contributed by atoms with Crippen LogP contribution in [-0.2, 0) is 10.0 Å². The molecule has 0 amide bonds. The lowest BCUT2D eigenvalue weighted by Crippen LogP contribution is -2.46. The van der Waals surface area contributed by atoms with E-state index in [1.165, 1.54) is 0 Å². The third kappa shape index (κ3) is 4.39. The zero-order valence-electron chi connectivity index (χ0n) is 15.3. The quantitative estimate of drug-likeness (QED) is 0.745. The van der Waals surface area contributed by atoms with Crippen LogP contribution in [0, 0.1) is 5.92 Å². The molecule has 0 bridgehead atoms. The Labute approximate surface area is 150 Å². The van der Waals surface area contributed by atoms with E-state index in [4.69, 9.17) is 4.74 Å². The predicted octanol–water partition coefficient (Wildman–Crippen LogP) is 3.14. The van der Waals surface area contributed by atoms with Gasteiger partial charge < -0.3 is 15.4 Å². The molecular weight excluding hydrogens is 338 g/mol. The van der Waals surface area contributed by atoms with Crippen molar-refractivity contribution < 1.29 is 13.2 Å². The minimum absolute atomic E-state index is 0.0711. The fraction of sp³-hybridized carbons (Fsp3) is 0.667. The lowest BCUT2D eigenvalue weighted by atomic mass is 9.86. The molecule has 0 aromatic heterocycles. The number of anilines is 2. The Morgan fingerprint density at radius 3 is 2.60 bits per heavy atom. The van der Waals surface area contributed by atoms with Crippen LogP contribution in [-0.4, -0.2) is 32.5 Å². The van der Waals surface area contributed by atoms with Gasteiger partial charge in [-0.05, 0) is 70.6 Å². The van der Waals surface area contributed by atoms with Crippen molar-refractivity contribution >= 4 is 21.4 Å². The van der Waals surface area contributed by atoms with Crippen LogP contribution in [0.2, 0.25) is 0 Å². The molecule has 1 aliphatic heterocycles. The van der Waals surface area contributed by atoms with Crippen molar-refractivity contribution in [1.29, 1.82) is 0 Å². The van der Waals surface area contributed by atoms with E-state index in [-0.39, 0.29) is 6.04 Å². The van der Waals surface area contributed by atoms with Gasteiger partial charge in [-0.3, -0.25) is 0 Å². The van der Waals surface area contributed by atoms with Gasteiger partial charge >= 0.3 is 0 Å². The van der Waals surface area contributed by atoms with Crippen molar-refractivity contribution in [3.05, 3.63) is 18.2 Å². The van der Waals surface area contributed by atoms with E-state index in [1.807, 2.05) is 12.1 Å². The van der Waals surface area contributed by atoms with Gasteiger partial charge in [-0.2, -0.15) is 0 Å². The Balaban J connectivity index is 1.45. The molecule has 6 nitrogen and oxygen atoms in total. The Morgan fingerprint density at radius 2 is 1.92 bits per heavy atom. The van der Waals surface area contributed by atoms with Gasteiger partial charge in [0.1, 0.15) is 5.75 Å². The molecule has 1 aliphatic carbocycles. The number of ether oxygens (including phenoxy) is 1. The molecular formula is C18H29N3O3S. The Morgan fingerprint density at radius 1 is 1.20 bits per heavy atom. The van der Waals surface area contributed by atoms with Crippen LogP contribution >= 0.6 is 0 Å². The topological polar surface area (TPSA) is 79.5 Å². The van der Waals surface area contributed by atoms with Crippen LogP contribution in [0.5, 0.6) is 5.75 Å². The van der Waals surface area contributed by atoms with Crippen molar-refractivity contribution in [2.45, 2.75) is 57.2 Å². The van der Waals surface area contributed by atoms with E-state index in [1.54, 1.807) is 20.8 Å². The number of benzene rings is 1. The second-order valence-corrected chi connectivity index (χ2v) is 10.5. The minimum atomic E-state index is -3.26. The molecule has 3 rings (SSSR count). The second-order valence-electron chi connectivity index (χ2n) is 8.01. The highest BCUT2D eigenvalue weighted by molar-refractivity contribution is 7.90. The van der Waals surface area contributed by atoms with Gasteiger partial charge in [-0.1, -0.05) is 0 Å². The third-order valence-corrected chi connectivity index (χ3v) is 7.30. The van der Waals surface area contributed by atoms with Crippen LogP contribution in [0.15, 0.2) is 18.2 Å². The number of hydrogen-bond donors (Lipinski definition) is 3. The average Bonchev–Trinajstić information content (AvgIpc) is 3.00. The first-order chi connectivity index (χ1) is 11.7. The maximum Gasteiger partial charge on any atom is 0.216 e. The number of sulfonamides is 1. The average molecular weight is 368 g/mol. The number of nitrogens with one attached hydrogen (secondary N) is 3. The van der Waals surface area contributed by atoms with Crippen molar-refractivity contribution in [1.82, 2.24) is 4.72 Å². The summed E-state index contributed by atoms with van der Waals surface area (Å²) < 4.78 is 32.1. The highest BCUT2D eigenvalue weighted by atomic mass is 32.2. The summed E-state index contributed by atoms with van der Waals surface area (Å²) in [5.74, 6) is 1.48. The lowest BCUT2D eigenvalue weighted by Gasteiger charge is -2.31. The third-order valence-electron chi connectivity index (χ3n) is 5.04. The first-order valence-corrected chi connectivity index (χ1v) is 10.5. The highest BCUT2D eigenvalue weighted by Crippen LogP contribution is 2.32. The van der Waals surface area contributed by atoms with Gasteiger partial charge in [-0.25, -0.2) is 13.1 Å². The molecule has 0 saturated heterocycles. The second kappa shape index (κ2) is 7.03. The van der Waals surface area contributed by atoms with E-state index in [0.717, 1.165) is 49.4 Å². The summed E-state index contributed by atoms with van der Waals surface area (Å²) in [5, 5.41) is 6.69. The van der Waals surface area contributed by atoms with Crippen molar-refractivity contribution in [2.75, 3.05) is 23.9 Å². The van der Waals surface area contributed by atoms with E-state index < -0.39 is 14.8 Å². The standard InChI is InChI=1S/C18H29N3O3S/c1-18(2,3)25(22,23)21-14-6-4-13(5-7-14)11-19-15-8-9-17-16(10-15)20-12-24-17/h8-10,13-14,19-21H,4-7,11-12H2,1-3H3. The smallest absolute Gasteiger partial charge is 0.216 e. The van der Waals surface area contributed by atoms with E-state index >= 15 is 0 Å². The normalized spacial score (nSPS) is 23.5. The Hall–Kier alpha value is -1.47. The van der Waals surface area contributed by atoms with Crippen molar-refractivity contribution in [3.63, 3.8) is 0 Å². The van der Waals surface area contributed by atoms with E-state index in [9.17, 15) is 8.42 Å². The van der Waals surface area contributed by atoms with Crippen LogP contribution in [0.3, 0.4) is 0 Å². The van der Waals surface area contributed by atoms with Gasteiger partial charge in [0.2, 0.25) is 10.0 Å². The molecule has 25 heavy (non-hydrogen) atoms. The molecule has 0 spiro atoms. The summed E-state index contributed by atoms with van der Waals surface area (Å²) >= 11 is 0. The first-order valence-electron chi connectivity index (χ1n) is 9.01. The van der Waals surface area contributed by atoms with Gasteiger partial charge in [0.05, 0.1) is 10.4 Å². The summed E-state index contributed by atoms with van der Waals surface area (Å²) in [6.07, 6.45) is 3.88. The molecule has 1 saturated carbocycles. The molecule has 1 heterocycles. The monoisotopic (exact) mass is 367 g/mol. The number of fused-ring (bicyclic) bond motifs is 1. The Kier molecular flexibility index (Phi) is 5.16. The van der Waals surface area contributed by atoms with Gasteiger partial charge in [0.15, 0.2) is 6.73 Å². The van der Waals surface area contributed by atoms with Crippen LogP contribution in [0.1, 0.15) is 46.5 Å². The fourth-order valence-electron chi connectivity index (χ4n) is 3.24. The molecule has 140 valence electrons. The molecule has 0 unspecified atom stereocenters. The summed E-state index contributed by atoms with van der Waals surface area (Å²) in [4.78, 5) is 0. The highest BCUT2D eigenvalue weighted by Gasteiger charge is 2.32. The van der Waals surface area contributed by atoms with Crippen molar-refractivity contribution in [2.24, 2.45) is 5.92 Å². The summed E-state index contributed by atoms with van der Waals surface area (Å²) in [7, 11) is -3.26. The Bertz CT molecular complexity index is 705. The SMILES string of the molecule is CC(C)(C)S(=O)(=O)NC1CCC(CNc2ccc3c(c2)NCO3)CC1. The number of hydrogen-bond acceptors (Lipinski definition) is 5. The lowest BCUT2D eigenvalue weighted by molar-refractivity contribution is 0.322. The molecule has 1 fully saturated rings. The maximum atomic E-state index is 12.3. The van der Waals surface area contributed by atoms with E-state index in [0.29, 0.717) is 12.6 Å². The van der Waals surface area contributed by atoms with Crippen LogP contribution in [0.4, 0.5) is 11.4 Å². The molecule has 0 atom stereocenters. The van der Waals surface area contributed by atoms with Gasteiger partial charge in [0.25, 0.3) is 0 Å². The summed E-state index contributed by atoms with van der Waals surface area (Å²) in [5.41, 5.74) is 2.12. The molecule has 0 radical (unpaired) electrons. The maximum absolute atomic E-state index is 12.3. The zero-order valence-corrected chi connectivity index (χ0v) is 16.1. The first kappa shape index (κ1) is 18.3. The van der Waals surface area contributed by atoms with Crippen LogP contribution in [0.25, 0.3) is 0 Å². The van der Waals surface area contributed by atoms with Gasteiger partial charge in [-0.15, -0.1) is 0 Å². The fourth-order valence-corrected chi connectivity index (χ4v) is 4.27. The van der Waals surface area contributed by atoms with Crippen LogP contribution < -0.4 is 20.1 Å². The summed E-state index contributed by atoms with van der Waals surface area (Å²) in [6.45, 7) is 6.66. The molecule has 1 aromatic rings. The largest absolute Gasteiger partial charge is 0.471 e. The van der Waals surface area contributed by atoms with E-state index in [2.05, 4.69) is 21.4 Å². The van der Waals surface area contributed by atoms with Crippen molar-refractivity contribution in [3.8, 4) is 5.75 Å². The zero-order chi connectivity index (χ0) is 18.1. The summed E-state index contributed by atoms with van der Waals surface area (Å²) in [6, 6.07) is 6.16. The molecule has 3 N–H and O–H groups in total. The number of rotatable bonds is 5. The molecule has 1 aromatic carbocycles. The predicted molar refractivity (Wildman–Crippen MR) is 102 cm³/mol. The van der Waals surface area contributed by atoms with Gasteiger partial charge in [0, 0.05) is 18.3 Å². The molecule has 2 aliphatic rings.